The summed E-state index contributed by atoms with van der Waals surface area (Å²) < 4.78 is 21.5. The number of nitrogens with zero attached hydrogens (tertiary/aromatic N) is 1. The molecule has 1 heterocycles. The largest absolute Gasteiger partial charge is 0.497 e. The maximum absolute atomic E-state index is 12.7. The van der Waals surface area contributed by atoms with Gasteiger partial charge in [0.1, 0.15) is 23.0 Å². The van der Waals surface area contributed by atoms with Gasteiger partial charge >= 0.3 is 0 Å². The quantitative estimate of drug-likeness (QED) is 0.643. The first-order valence-corrected chi connectivity index (χ1v) is 10.7. The Hall–Kier alpha value is -3.42. The molecule has 3 rings (SSSR count). The minimum atomic E-state index is -0.189. The first kappa shape index (κ1) is 23.2. The fourth-order valence-corrected chi connectivity index (χ4v) is 3.52. The van der Waals surface area contributed by atoms with Crippen LogP contribution >= 0.6 is 0 Å². The second-order valence-electron chi connectivity index (χ2n) is 7.42. The number of hydrogen-bond donors (Lipinski definition) is 1. The van der Waals surface area contributed by atoms with E-state index in [2.05, 4.69) is 5.32 Å². The Bertz CT molecular complexity index is 885. The molecule has 0 radical (unpaired) electrons. The molecule has 0 saturated carbocycles. The lowest BCUT2D eigenvalue weighted by Gasteiger charge is -2.32. The Morgan fingerprint density at radius 3 is 2.00 bits per heavy atom. The predicted octanol–water partition coefficient (Wildman–Crippen LogP) is 2.90. The molecule has 0 atom stereocenters. The molecule has 2 amide bonds. The van der Waals surface area contributed by atoms with Crippen LogP contribution in [-0.2, 0) is 4.79 Å². The molecule has 1 fully saturated rings. The summed E-state index contributed by atoms with van der Waals surface area (Å²) >= 11 is 0. The van der Waals surface area contributed by atoms with Crippen molar-refractivity contribution in [2.75, 3.05) is 40.5 Å². The monoisotopic (exact) mass is 442 g/mol. The van der Waals surface area contributed by atoms with E-state index in [1.807, 2.05) is 19.1 Å². The molecule has 8 heteroatoms. The van der Waals surface area contributed by atoms with Gasteiger partial charge in [0.05, 0.1) is 20.8 Å². The maximum Gasteiger partial charge on any atom is 0.260 e. The van der Waals surface area contributed by atoms with Gasteiger partial charge in [-0.3, -0.25) is 9.59 Å². The molecule has 8 nitrogen and oxygen atoms in total. The number of hydrogen-bond acceptors (Lipinski definition) is 6. The number of ether oxygens (including phenoxy) is 4. The van der Waals surface area contributed by atoms with Gasteiger partial charge in [-0.25, -0.2) is 0 Å². The highest BCUT2D eigenvalue weighted by Crippen LogP contribution is 2.23. The van der Waals surface area contributed by atoms with Crippen LogP contribution in [0.25, 0.3) is 0 Å². The van der Waals surface area contributed by atoms with Gasteiger partial charge < -0.3 is 29.2 Å². The molecule has 32 heavy (non-hydrogen) atoms. The Morgan fingerprint density at radius 2 is 1.47 bits per heavy atom. The molecule has 1 aliphatic heterocycles. The third kappa shape index (κ3) is 6.29. The van der Waals surface area contributed by atoms with Crippen molar-refractivity contribution in [3.8, 4) is 23.0 Å². The summed E-state index contributed by atoms with van der Waals surface area (Å²) in [4.78, 5) is 26.9. The summed E-state index contributed by atoms with van der Waals surface area (Å²) in [7, 11) is 3.09. The van der Waals surface area contributed by atoms with Crippen molar-refractivity contribution in [2.45, 2.75) is 25.8 Å². The van der Waals surface area contributed by atoms with E-state index in [1.54, 1.807) is 49.5 Å². The van der Waals surface area contributed by atoms with E-state index in [-0.39, 0.29) is 24.5 Å². The average Bonchev–Trinajstić information content (AvgIpc) is 2.83. The van der Waals surface area contributed by atoms with Crippen LogP contribution in [0.2, 0.25) is 0 Å². The van der Waals surface area contributed by atoms with E-state index in [0.717, 1.165) is 5.75 Å². The molecular formula is C24H30N2O6. The van der Waals surface area contributed by atoms with Crippen LogP contribution in [0, 0.1) is 0 Å². The van der Waals surface area contributed by atoms with Crippen molar-refractivity contribution < 1.29 is 28.5 Å². The van der Waals surface area contributed by atoms with Crippen LogP contribution in [0.3, 0.4) is 0 Å². The molecule has 0 aromatic heterocycles. The number of likely N-dealkylation sites (tertiary alicyclic amines) is 1. The first-order valence-electron chi connectivity index (χ1n) is 10.7. The first-order chi connectivity index (χ1) is 15.5. The van der Waals surface area contributed by atoms with Crippen molar-refractivity contribution >= 4 is 11.8 Å². The highest BCUT2D eigenvalue weighted by Gasteiger charge is 2.24. The van der Waals surface area contributed by atoms with E-state index in [0.29, 0.717) is 55.4 Å². The van der Waals surface area contributed by atoms with Crippen molar-refractivity contribution in [1.82, 2.24) is 10.2 Å². The molecule has 0 unspecified atom stereocenters. The van der Waals surface area contributed by atoms with Gasteiger partial charge in [-0.2, -0.15) is 0 Å². The van der Waals surface area contributed by atoms with E-state index in [1.165, 1.54) is 0 Å². The Morgan fingerprint density at radius 1 is 0.906 bits per heavy atom. The summed E-state index contributed by atoms with van der Waals surface area (Å²) in [6.07, 6.45) is 1.36. The third-order valence-corrected chi connectivity index (χ3v) is 5.29. The molecule has 172 valence electrons. The van der Waals surface area contributed by atoms with Crippen LogP contribution in [-0.4, -0.2) is 63.3 Å². The topological polar surface area (TPSA) is 86.3 Å². The van der Waals surface area contributed by atoms with Gasteiger partial charge in [0.15, 0.2) is 6.61 Å². The zero-order chi connectivity index (χ0) is 22.9. The van der Waals surface area contributed by atoms with Crippen LogP contribution in [0.1, 0.15) is 30.1 Å². The van der Waals surface area contributed by atoms with Crippen LogP contribution in [0.5, 0.6) is 23.0 Å². The zero-order valence-electron chi connectivity index (χ0n) is 18.8. The lowest BCUT2D eigenvalue weighted by Crippen LogP contribution is -2.47. The van der Waals surface area contributed by atoms with Gasteiger partial charge in [-0.15, -0.1) is 0 Å². The lowest BCUT2D eigenvalue weighted by atomic mass is 10.0. The molecule has 2 aromatic rings. The standard InChI is InChI=1S/C24H30N2O6/c1-4-31-19-5-7-20(8-6-19)32-16-23(27)26-11-9-18(10-12-26)25-24(28)17-13-21(29-2)15-22(14-17)30-3/h5-8,13-15,18H,4,9-12,16H2,1-3H3,(H,25,28). The fraction of sp³-hybridized carbons (Fsp3) is 0.417. The fourth-order valence-electron chi connectivity index (χ4n) is 3.52. The van der Waals surface area contributed by atoms with Gasteiger partial charge in [0.2, 0.25) is 0 Å². The highest BCUT2D eigenvalue weighted by atomic mass is 16.5. The van der Waals surface area contributed by atoms with Crippen molar-refractivity contribution in [3.63, 3.8) is 0 Å². The normalized spacial score (nSPS) is 13.9. The van der Waals surface area contributed by atoms with E-state index >= 15 is 0 Å². The molecule has 0 bridgehead atoms. The number of piperidine rings is 1. The number of carbonyl (C=O) groups excluding carboxylic acids is 2. The van der Waals surface area contributed by atoms with Crippen molar-refractivity contribution in [1.29, 1.82) is 0 Å². The number of amides is 2. The second-order valence-corrected chi connectivity index (χ2v) is 7.42. The molecule has 1 saturated heterocycles. The predicted molar refractivity (Wildman–Crippen MR) is 120 cm³/mol. The molecule has 1 N–H and O–H groups in total. The van der Waals surface area contributed by atoms with Crippen LogP contribution < -0.4 is 24.3 Å². The second kappa shape index (κ2) is 11.3. The number of carbonyl (C=O) groups is 2. The minimum Gasteiger partial charge on any atom is -0.497 e. The van der Waals surface area contributed by atoms with E-state index < -0.39 is 0 Å². The van der Waals surface area contributed by atoms with Gasteiger partial charge in [0.25, 0.3) is 11.8 Å². The van der Waals surface area contributed by atoms with Crippen LogP contribution in [0.15, 0.2) is 42.5 Å². The summed E-state index contributed by atoms with van der Waals surface area (Å²) in [5.74, 6) is 2.25. The smallest absolute Gasteiger partial charge is 0.260 e. The summed E-state index contributed by atoms with van der Waals surface area (Å²) in [5, 5.41) is 3.04. The van der Waals surface area contributed by atoms with Crippen molar-refractivity contribution in [2.24, 2.45) is 0 Å². The third-order valence-electron chi connectivity index (χ3n) is 5.29. The SMILES string of the molecule is CCOc1ccc(OCC(=O)N2CCC(NC(=O)c3cc(OC)cc(OC)c3)CC2)cc1. The Balaban J connectivity index is 1.45. The van der Waals surface area contributed by atoms with Crippen LogP contribution in [0.4, 0.5) is 0 Å². The minimum absolute atomic E-state index is 0.00391. The number of rotatable bonds is 9. The molecule has 2 aromatic carbocycles. The summed E-state index contributed by atoms with van der Waals surface area (Å²) in [5.41, 5.74) is 0.475. The number of benzene rings is 2. The van der Waals surface area contributed by atoms with E-state index in [4.69, 9.17) is 18.9 Å². The molecular weight excluding hydrogens is 412 g/mol. The summed E-state index contributed by atoms with van der Waals surface area (Å²) in [6.45, 7) is 3.64. The molecule has 1 aliphatic rings. The Kier molecular flexibility index (Phi) is 8.19. The Labute approximate surface area is 188 Å². The number of methoxy groups -OCH3 is 2. The summed E-state index contributed by atoms with van der Waals surface area (Å²) in [6, 6.07) is 12.3. The molecule has 0 spiro atoms. The van der Waals surface area contributed by atoms with Gasteiger partial charge in [-0.1, -0.05) is 0 Å². The highest BCUT2D eigenvalue weighted by molar-refractivity contribution is 5.95. The lowest BCUT2D eigenvalue weighted by molar-refractivity contribution is -0.134. The van der Waals surface area contributed by atoms with Gasteiger partial charge in [-0.05, 0) is 56.2 Å². The average molecular weight is 443 g/mol. The van der Waals surface area contributed by atoms with Gasteiger partial charge in [0, 0.05) is 30.8 Å². The van der Waals surface area contributed by atoms with Crippen molar-refractivity contribution in [3.05, 3.63) is 48.0 Å². The molecule has 0 aliphatic carbocycles. The van der Waals surface area contributed by atoms with E-state index in [9.17, 15) is 9.59 Å². The number of nitrogens with one attached hydrogen (secondary N) is 1. The maximum atomic E-state index is 12.7. The zero-order valence-corrected chi connectivity index (χ0v) is 18.8.